The fourth-order valence-corrected chi connectivity index (χ4v) is 1.68. The molecule has 6 heteroatoms. The van der Waals surface area contributed by atoms with Crippen molar-refractivity contribution in [1.82, 2.24) is 9.97 Å². The van der Waals surface area contributed by atoms with E-state index in [1.807, 2.05) is 6.07 Å². The smallest absolute Gasteiger partial charge is 0.305 e. The Morgan fingerprint density at radius 1 is 1.71 bits per heavy atom. The molecule has 0 radical (unpaired) electrons. The zero-order valence-corrected chi connectivity index (χ0v) is 9.13. The lowest BCUT2D eigenvalue weighted by Crippen LogP contribution is -2.26. The van der Waals surface area contributed by atoms with Gasteiger partial charge in [0.25, 0.3) is 0 Å². The number of carboxylic acid groups (broad SMARTS) is 1. The van der Waals surface area contributed by atoms with Crippen molar-refractivity contribution in [2.45, 2.75) is 25.3 Å². The van der Waals surface area contributed by atoms with Gasteiger partial charge in [0.05, 0.1) is 6.42 Å². The lowest BCUT2D eigenvalue weighted by Gasteiger charge is -2.15. The molecule has 2 N–H and O–H groups in total. The first-order chi connectivity index (χ1) is 8.19. The molecule has 1 saturated carbocycles. The fraction of sp³-hybridized carbons (Fsp3) is 0.455. The van der Waals surface area contributed by atoms with Crippen molar-refractivity contribution in [2.75, 3.05) is 5.32 Å². The normalized spacial score (nSPS) is 15.9. The van der Waals surface area contributed by atoms with Crippen LogP contribution in [0.5, 0.6) is 0 Å². The van der Waals surface area contributed by atoms with E-state index in [1.54, 1.807) is 0 Å². The molecule has 0 bridgehead atoms. The number of nitriles is 1. The molecule has 1 aromatic heterocycles. The third-order valence-electron chi connectivity index (χ3n) is 2.67. The molecule has 1 heterocycles. The molecule has 2 rings (SSSR count). The van der Waals surface area contributed by atoms with Crippen molar-refractivity contribution in [3.63, 3.8) is 0 Å². The maximum Gasteiger partial charge on any atom is 0.305 e. The van der Waals surface area contributed by atoms with Gasteiger partial charge in [-0.15, -0.1) is 0 Å². The van der Waals surface area contributed by atoms with Crippen molar-refractivity contribution in [3.8, 4) is 6.07 Å². The van der Waals surface area contributed by atoms with Gasteiger partial charge in [-0.25, -0.2) is 9.97 Å². The maximum absolute atomic E-state index is 10.7. The quantitative estimate of drug-likeness (QED) is 0.786. The third-order valence-corrected chi connectivity index (χ3v) is 2.67. The average molecular weight is 232 g/mol. The van der Waals surface area contributed by atoms with E-state index < -0.39 is 5.97 Å². The summed E-state index contributed by atoms with van der Waals surface area (Å²) in [7, 11) is 0. The van der Waals surface area contributed by atoms with Crippen molar-refractivity contribution in [3.05, 3.63) is 18.0 Å². The highest BCUT2D eigenvalue weighted by Gasteiger charge is 2.33. The second-order valence-electron chi connectivity index (χ2n) is 4.06. The summed E-state index contributed by atoms with van der Waals surface area (Å²) in [5.74, 6) is -0.145. The summed E-state index contributed by atoms with van der Waals surface area (Å²) in [5.41, 5.74) is 0.271. The van der Waals surface area contributed by atoms with Crippen molar-refractivity contribution in [1.29, 1.82) is 5.26 Å². The van der Waals surface area contributed by atoms with Gasteiger partial charge < -0.3 is 10.4 Å². The second kappa shape index (κ2) is 4.78. The summed E-state index contributed by atoms with van der Waals surface area (Å²) in [6.45, 7) is 0. The maximum atomic E-state index is 10.7. The predicted octanol–water partition coefficient (Wildman–Crippen LogP) is 1.01. The lowest BCUT2D eigenvalue weighted by atomic mass is 10.1. The third kappa shape index (κ3) is 3.14. The van der Waals surface area contributed by atoms with Crippen LogP contribution in [0.2, 0.25) is 0 Å². The van der Waals surface area contributed by atoms with Crippen molar-refractivity contribution >= 4 is 11.9 Å². The number of carboxylic acids is 1. The van der Waals surface area contributed by atoms with Crippen LogP contribution in [0.25, 0.3) is 0 Å². The molecule has 1 unspecified atom stereocenters. The molecule has 1 atom stereocenters. The van der Waals surface area contributed by atoms with Crippen LogP contribution in [-0.4, -0.2) is 27.1 Å². The van der Waals surface area contributed by atoms with Crippen LogP contribution >= 0.6 is 0 Å². The molecule has 0 aliphatic heterocycles. The summed E-state index contributed by atoms with van der Waals surface area (Å²) in [5, 5.41) is 20.5. The van der Waals surface area contributed by atoms with E-state index in [4.69, 9.17) is 10.4 Å². The molecule has 1 aliphatic rings. The van der Waals surface area contributed by atoms with E-state index in [9.17, 15) is 4.79 Å². The summed E-state index contributed by atoms with van der Waals surface area (Å²) in [4.78, 5) is 18.7. The number of hydrogen-bond donors (Lipinski definition) is 2. The van der Waals surface area contributed by atoms with Gasteiger partial charge in [0.15, 0.2) is 0 Å². The van der Waals surface area contributed by atoms with Gasteiger partial charge >= 0.3 is 5.97 Å². The number of carbonyl (C=O) groups is 1. The first-order valence-corrected chi connectivity index (χ1v) is 5.40. The van der Waals surface area contributed by atoms with Gasteiger partial charge in [-0.2, -0.15) is 5.26 Å². The Balaban J connectivity index is 2.06. The van der Waals surface area contributed by atoms with Gasteiger partial charge in [-0.1, -0.05) is 0 Å². The van der Waals surface area contributed by atoms with Crippen LogP contribution in [0, 0.1) is 17.2 Å². The monoisotopic (exact) mass is 232 g/mol. The topological polar surface area (TPSA) is 98.9 Å². The first kappa shape index (κ1) is 11.3. The summed E-state index contributed by atoms with van der Waals surface area (Å²) in [6.07, 6.45) is 3.59. The van der Waals surface area contributed by atoms with Gasteiger partial charge in [0.2, 0.25) is 5.95 Å². The number of anilines is 1. The summed E-state index contributed by atoms with van der Waals surface area (Å²) in [6, 6.07) is 3.28. The largest absolute Gasteiger partial charge is 0.481 e. The van der Waals surface area contributed by atoms with Gasteiger partial charge in [-0.3, -0.25) is 4.79 Å². The minimum absolute atomic E-state index is 0.0464. The summed E-state index contributed by atoms with van der Waals surface area (Å²) >= 11 is 0. The SMILES string of the molecule is N#Cc1ccnc(NC(CC(=O)O)C2CC2)n1. The van der Waals surface area contributed by atoms with E-state index in [-0.39, 0.29) is 18.2 Å². The fourth-order valence-electron chi connectivity index (χ4n) is 1.68. The first-order valence-electron chi connectivity index (χ1n) is 5.40. The van der Waals surface area contributed by atoms with Crippen LogP contribution in [0.15, 0.2) is 12.3 Å². The molecular weight excluding hydrogens is 220 g/mol. The number of hydrogen-bond acceptors (Lipinski definition) is 5. The van der Waals surface area contributed by atoms with Crippen LogP contribution in [-0.2, 0) is 4.79 Å². The highest BCUT2D eigenvalue weighted by Crippen LogP contribution is 2.35. The lowest BCUT2D eigenvalue weighted by molar-refractivity contribution is -0.137. The minimum Gasteiger partial charge on any atom is -0.481 e. The molecule has 88 valence electrons. The Morgan fingerprint density at radius 2 is 2.47 bits per heavy atom. The Kier molecular flexibility index (Phi) is 3.19. The van der Waals surface area contributed by atoms with Gasteiger partial charge in [0, 0.05) is 12.2 Å². The molecule has 0 saturated heterocycles. The second-order valence-corrected chi connectivity index (χ2v) is 4.06. The molecular formula is C11H12N4O2. The number of nitrogens with one attached hydrogen (secondary N) is 1. The van der Waals surface area contributed by atoms with Crippen molar-refractivity contribution in [2.24, 2.45) is 5.92 Å². The van der Waals surface area contributed by atoms with E-state index in [2.05, 4.69) is 15.3 Å². The Bertz CT molecular complexity index is 465. The molecule has 0 amide bonds. The van der Waals surface area contributed by atoms with E-state index in [0.29, 0.717) is 11.9 Å². The van der Waals surface area contributed by atoms with Crippen molar-refractivity contribution < 1.29 is 9.90 Å². The zero-order valence-electron chi connectivity index (χ0n) is 9.13. The number of aromatic nitrogens is 2. The molecule has 0 aromatic carbocycles. The predicted molar refractivity (Wildman–Crippen MR) is 59.1 cm³/mol. The van der Waals surface area contributed by atoms with E-state index >= 15 is 0 Å². The molecule has 0 spiro atoms. The highest BCUT2D eigenvalue weighted by molar-refractivity contribution is 5.68. The van der Waals surface area contributed by atoms with Crippen LogP contribution in [0.3, 0.4) is 0 Å². The Hall–Kier alpha value is -2.16. The van der Waals surface area contributed by atoms with Crippen LogP contribution in [0.4, 0.5) is 5.95 Å². The Labute approximate surface area is 98.3 Å². The summed E-state index contributed by atoms with van der Waals surface area (Å²) < 4.78 is 0. The van der Waals surface area contributed by atoms with Crippen LogP contribution < -0.4 is 5.32 Å². The average Bonchev–Trinajstić information content (AvgIpc) is 3.12. The molecule has 1 aromatic rings. The highest BCUT2D eigenvalue weighted by atomic mass is 16.4. The van der Waals surface area contributed by atoms with Gasteiger partial charge in [-0.05, 0) is 24.8 Å². The molecule has 17 heavy (non-hydrogen) atoms. The number of rotatable bonds is 5. The van der Waals surface area contributed by atoms with E-state index in [1.165, 1.54) is 12.3 Å². The Morgan fingerprint density at radius 3 is 3.06 bits per heavy atom. The standard InChI is InChI=1S/C11H12N4O2/c12-6-8-3-4-13-11(14-8)15-9(5-10(16)17)7-1-2-7/h3-4,7,9H,1-2,5H2,(H,16,17)(H,13,14,15). The van der Waals surface area contributed by atoms with Crippen LogP contribution in [0.1, 0.15) is 25.0 Å². The number of aliphatic carboxylic acids is 1. The van der Waals surface area contributed by atoms with Gasteiger partial charge in [0.1, 0.15) is 11.8 Å². The van der Waals surface area contributed by atoms with E-state index in [0.717, 1.165) is 12.8 Å². The molecule has 1 aliphatic carbocycles. The zero-order chi connectivity index (χ0) is 12.3. The molecule has 6 nitrogen and oxygen atoms in total. The number of nitrogens with zero attached hydrogens (tertiary/aromatic N) is 3. The molecule has 1 fully saturated rings. The minimum atomic E-state index is -0.842.